The molecule has 1 amide bonds. The van der Waals surface area contributed by atoms with E-state index in [-0.39, 0.29) is 23.8 Å². The monoisotopic (exact) mass is 528 g/mol. The number of benzene rings is 2. The molecular formula is C26H18F2N8OS. The maximum absolute atomic E-state index is 13.5. The molecule has 0 bridgehead atoms. The van der Waals surface area contributed by atoms with Crippen molar-refractivity contribution < 1.29 is 13.6 Å². The summed E-state index contributed by atoms with van der Waals surface area (Å²) in [5, 5.41) is 15.7. The zero-order chi connectivity index (χ0) is 26.6. The molecular weight excluding hydrogens is 510 g/mol. The third-order valence-electron chi connectivity index (χ3n) is 5.58. The number of anilines is 2. The first-order chi connectivity index (χ1) is 18.4. The zero-order valence-electron chi connectivity index (χ0n) is 19.6. The van der Waals surface area contributed by atoms with Crippen LogP contribution in [0, 0.1) is 23.0 Å². The summed E-state index contributed by atoms with van der Waals surface area (Å²) in [6.45, 7) is 0.275. The number of amides is 1. The van der Waals surface area contributed by atoms with Gasteiger partial charge in [0.2, 0.25) is 0 Å². The highest BCUT2D eigenvalue weighted by Gasteiger charge is 2.17. The van der Waals surface area contributed by atoms with E-state index in [1.807, 2.05) is 36.4 Å². The second kappa shape index (κ2) is 10.5. The molecule has 0 spiro atoms. The van der Waals surface area contributed by atoms with E-state index >= 15 is 0 Å². The van der Waals surface area contributed by atoms with Gasteiger partial charge in [0, 0.05) is 21.7 Å². The highest BCUT2D eigenvalue weighted by atomic mass is 32.1. The normalized spacial score (nSPS) is 10.8. The second-order valence-corrected chi connectivity index (χ2v) is 9.27. The van der Waals surface area contributed by atoms with Crippen molar-refractivity contribution in [3.8, 4) is 16.5 Å². The van der Waals surface area contributed by atoms with E-state index in [0.717, 1.165) is 38.4 Å². The first-order valence-electron chi connectivity index (χ1n) is 11.2. The summed E-state index contributed by atoms with van der Waals surface area (Å²) in [4.78, 5) is 31.3. The fraction of sp³-hybridized carbons (Fsp3) is 0.0769. The summed E-state index contributed by atoms with van der Waals surface area (Å²) in [6, 6.07) is 14.9. The van der Waals surface area contributed by atoms with Crippen LogP contribution in [0.25, 0.3) is 21.3 Å². The molecule has 0 atom stereocenters. The van der Waals surface area contributed by atoms with Crippen LogP contribution in [-0.2, 0) is 13.1 Å². The highest BCUT2D eigenvalue weighted by molar-refractivity contribution is 7.15. The van der Waals surface area contributed by atoms with E-state index in [9.17, 15) is 18.8 Å². The van der Waals surface area contributed by atoms with E-state index < -0.39 is 17.5 Å². The Hall–Kier alpha value is -5.02. The van der Waals surface area contributed by atoms with Gasteiger partial charge < -0.3 is 16.4 Å². The smallest absolute Gasteiger partial charge is 0.274 e. The maximum Gasteiger partial charge on any atom is 0.274 e. The van der Waals surface area contributed by atoms with Gasteiger partial charge in [-0.25, -0.2) is 28.7 Å². The first kappa shape index (κ1) is 24.7. The van der Waals surface area contributed by atoms with E-state index in [1.54, 1.807) is 11.3 Å². The molecule has 188 valence electrons. The molecule has 0 aliphatic carbocycles. The third-order valence-corrected chi connectivity index (χ3v) is 6.72. The molecule has 0 unspecified atom stereocenters. The number of thiophene rings is 1. The van der Waals surface area contributed by atoms with Gasteiger partial charge in [0.1, 0.15) is 18.2 Å². The van der Waals surface area contributed by atoms with Gasteiger partial charge in [-0.3, -0.25) is 4.79 Å². The molecule has 12 heteroatoms. The van der Waals surface area contributed by atoms with Crippen molar-refractivity contribution in [2.75, 3.05) is 11.1 Å². The standard InChI is InChI=1S/C26H18F2N8OS/c27-19-4-1-14(7-20(19)28)10-33-26(37)23-25(31-11-16(9-29)36-23)32-12-17-3-6-22(38-17)15-2-5-21-18(8-15)24(30)35-13-34-21/h1-8,11,13H,10,12H2,(H,31,32)(H,33,37)(H2,30,34,35). The quantitative estimate of drug-likeness (QED) is 0.282. The fourth-order valence-electron chi connectivity index (χ4n) is 3.68. The molecule has 2 aromatic carbocycles. The summed E-state index contributed by atoms with van der Waals surface area (Å²) >= 11 is 1.54. The molecule has 9 nitrogen and oxygen atoms in total. The summed E-state index contributed by atoms with van der Waals surface area (Å²) < 4.78 is 26.7. The summed E-state index contributed by atoms with van der Waals surface area (Å²) in [6.07, 6.45) is 2.69. The average Bonchev–Trinajstić information content (AvgIpc) is 3.41. The van der Waals surface area contributed by atoms with Crippen LogP contribution in [0.15, 0.2) is 61.1 Å². The lowest BCUT2D eigenvalue weighted by atomic mass is 10.1. The van der Waals surface area contributed by atoms with Crippen molar-refractivity contribution in [3.63, 3.8) is 0 Å². The maximum atomic E-state index is 13.5. The van der Waals surface area contributed by atoms with E-state index in [1.165, 1.54) is 18.6 Å². The number of hydrogen-bond acceptors (Lipinski definition) is 9. The van der Waals surface area contributed by atoms with Crippen LogP contribution in [-0.4, -0.2) is 25.8 Å². The van der Waals surface area contributed by atoms with E-state index in [4.69, 9.17) is 5.73 Å². The Morgan fingerprint density at radius 2 is 1.89 bits per heavy atom. The number of nitrogen functional groups attached to an aromatic ring is 1. The molecule has 0 saturated heterocycles. The molecule has 4 N–H and O–H groups in total. The molecule has 0 radical (unpaired) electrons. The number of nitrogens with zero attached hydrogens (tertiary/aromatic N) is 5. The molecule has 0 saturated carbocycles. The van der Waals surface area contributed by atoms with Crippen LogP contribution in [0.4, 0.5) is 20.4 Å². The molecule has 0 aliphatic rings. The van der Waals surface area contributed by atoms with Gasteiger partial charge in [-0.2, -0.15) is 5.26 Å². The first-order valence-corrected chi connectivity index (χ1v) is 12.1. The van der Waals surface area contributed by atoms with Crippen molar-refractivity contribution in [2.45, 2.75) is 13.1 Å². The molecule has 0 aliphatic heterocycles. The minimum atomic E-state index is -1.01. The van der Waals surface area contributed by atoms with Gasteiger partial charge in [-0.1, -0.05) is 12.1 Å². The molecule has 0 fully saturated rings. The van der Waals surface area contributed by atoms with E-state index in [0.29, 0.717) is 17.9 Å². The number of nitrogens with one attached hydrogen (secondary N) is 2. The predicted molar refractivity (Wildman–Crippen MR) is 139 cm³/mol. The largest absolute Gasteiger partial charge is 0.383 e. The molecule has 3 aromatic heterocycles. The van der Waals surface area contributed by atoms with Gasteiger partial charge in [-0.15, -0.1) is 11.3 Å². The van der Waals surface area contributed by atoms with Crippen LogP contribution in [0.5, 0.6) is 0 Å². The number of aromatic nitrogens is 4. The Labute approximate surface area is 219 Å². The Balaban J connectivity index is 1.31. The molecule has 5 aromatic rings. The number of rotatable bonds is 7. The molecule has 38 heavy (non-hydrogen) atoms. The Kier molecular flexibility index (Phi) is 6.84. The van der Waals surface area contributed by atoms with Crippen molar-refractivity contribution in [3.05, 3.63) is 94.5 Å². The van der Waals surface area contributed by atoms with Crippen LogP contribution in [0.3, 0.4) is 0 Å². The van der Waals surface area contributed by atoms with Crippen LogP contribution in [0.1, 0.15) is 26.6 Å². The second-order valence-electron chi connectivity index (χ2n) is 8.11. The summed E-state index contributed by atoms with van der Waals surface area (Å²) in [7, 11) is 0. The summed E-state index contributed by atoms with van der Waals surface area (Å²) in [5.74, 6) is -2.03. The minimum Gasteiger partial charge on any atom is -0.383 e. The fourth-order valence-corrected chi connectivity index (χ4v) is 4.62. The van der Waals surface area contributed by atoms with Crippen molar-refractivity contribution in [1.82, 2.24) is 25.3 Å². The van der Waals surface area contributed by atoms with Gasteiger partial charge in [0.05, 0.1) is 18.3 Å². The SMILES string of the molecule is N#Cc1cnc(NCc2ccc(-c3ccc4ncnc(N)c4c3)s2)c(C(=O)NCc2ccc(F)c(F)c2)n1. The number of carbonyl (C=O) groups excluding carboxylic acids is 1. The van der Waals surface area contributed by atoms with Crippen molar-refractivity contribution >= 4 is 39.8 Å². The Morgan fingerprint density at radius 3 is 2.71 bits per heavy atom. The Morgan fingerprint density at radius 1 is 1.03 bits per heavy atom. The van der Waals surface area contributed by atoms with Crippen molar-refractivity contribution in [1.29, 1.82) is 5.26 Å². The number of halogens is 2. The number of hydrogen-bond donors (Lipinski definition) is 3. The van der Waals surface area contributed by atoms with Gasteiger partial charge in [0.15, 0.2) is 28.8 Å². The zero-order valence-corrected chi connectivity index (χ0v) is 20.4. The lowest BCUT2D eigenvalue weighted by Crippen LogP contribution is -2.26. The number of carbonyl (C=O) groups is 1. The van der Waals surface area contributed by atoms with Crippen LogP contribution in [0.2, 0.25) is 0 Å². The van der Waals surface area contributed by atoms with Crippen LogP contribution >= 0.6 is 11.3 Å². The predicted octanol–water partition coefficient (Wildman–Crippen LogP) is 4.42. The van der Waals surface area contributed by atoms with Gasteiger partial charge in [-0.05, 0) is 47.5 Å². The van der Waals surface area contributed by atoms with Gasteiger partial charge >= 0.3 is 0 Å². The number of nitriles is 1. The minimum absolute atomic E-state index is 0.0357. The summed E-state index contributed by atoms with van der Waals surface area (Å²) in [5.41, 5.74) is 7.95. The average molecular weight is 529 g/mol. The lowest BCUT2D eigenvalue weighted by molar-refractivity contribution is 0.0946. The molecule has 3 heterocycles. The Bertz CT molecular complexity index is 1720. The topological polar surface area (TPSA) is 142 Å². The number of fused-ring (bicyclic) bond motifs is 1. The van der Waals surface area contributed by atoms with Crippen molar-refractivity contribution in [2.24, 2.45) is 0 Å². The molecule has 5 rings (SSSR count). The highest BCUT2D eigenvalue weighted by Crippen LogP contribution is 2.31. The van der Waals surface area contributed by atoms with E-state index in [2.05, 4.69) is 30.6 Å². The van der Waals surface area contributed by atoms with Crippen LogP contribution < -0.4 is 16.4 Å². The number of nitrogens with two attached hydrogens (primary N) is 1. The van der Waals surface area contributed by atoms with Gasteiger partial charge in [0.25, 0.3) is 5.91 Å². The lowest BCUT2D eigenvalue weighted by Gasteiger charge is -2.10. The third kappa shape index (κ3) is 5.23.